The molecule has 13 heavy (non-hydrogen) atoms. The van der Waals surface area contributed by atoms with E-state index in [0.717, 1.165) is 32.6 Å². The highest BCUT2D eigenvalue weighted by Gasteiger charge is 1.93. The van der Waals surface area contributed by atoms with Crippen molar-refractivity contribution in [2.45, 2.75) is 25.9 Å². The molecule has 0 fully saturated rings. The molecule has 0 unspecified atom stereocenters. The molecule has 0 aliphatic heterocycles. The highest BCUT2D eigenvalue weighted by Crippen LogP contribution is 2.09. The Hall–Kier alpha value is -0.380. The Morgan fingerprint density at radius 3 is 2.92 bits per heavy atom. The minimum absolute atomic E-state index is 0.764. The third-order valence-electron chi connectivity index (χ3n) is 1.82. The highest BCUT2D eigenvalue weighted by atomic mass is 32.1. The van der Waals surface area contributed by atoms with Crippen LogP contribution in [0, 0.1) is 0 Å². The molecular formula is C10H17NOS. The molecule has 0 saturated carbocycles. The van der Waals surface area contributed by atoms with Crippen LogP contribution >= 0.6 is 11.3 Å². The first-order valence-corrected chi connectivity index (χ1v) is 5.61. The van der Waals surface area contributed by atoms with E-state index in [9.17, 15) is 0 Å². The van der Waals surface area contributed by atoms with E-state index < -0.39 is 0 Å². The van der Waals surface area contributed by atoms with Crippen LogP contribution < -0.4 is 5.73 Å². The summed E-state index contributed by atoms with van der Waals surface area (Å²) in [6.45, 7) is 2.42. The van der Waals surface area contributed by atoms with Crippen LogP contribution in [0.2, 0.25) is 0 Å². The van der Waals surface area contributed by atoms with Crippen LogP contribution in [0.15, 0.2) is 17.5 Å². The van der Waals surface area contributed by atoms with E-state index in [1.807, 2.05) is 0 Å². The summed E-state index contributed by atoms with van der Waals surface area (Å²) in [7, 11) is 0. The first kappa shape index (κ1) is 10.7. The van der Waals surface area contributed by atoms with Gasteiger partial charge in [-0.25, -0.2) is 0 Å². The van der Waals surface area contributed by atoms with Gasteiger partial charge in [-0.3, -0.25) is 0 Å². The number of rotatable bonds is 7. The molecular weight excluding hydrogens is 182 g/mol. The van der Waals surface area contributed by atoms with Gasteiger partial charge in [0, 0.05) is 11.5 Å². The highest BCUT2D eigenvalue weighted by molar-refractivity contribution is 7.09. The predicted molar refractivity (Wildman–Crippen MR) is 56.9 cm³/mol. The minimum Gasteiger partial charge on any atom is -0.376 e. The summed E-state index contributed by atoms with van der Waals surface area (Å²) >= 11 is 1.75. The third-order valence-corrected chi connectivity index (χ3v) is 2.67. The molecule has 74 valence electrons. The fraction of sp³-hybridized carbons (Fsp3) is 0.600. The number of hydrogen-bond donors (Lipinski definition) is 1. The minimum atomic E-state index is 0.764. The van der Waals surface area contributed by atoms with Crippen molar-refractivity contribution in [1.29, 1.82) is 0 Å². The van der Waals surface area contributed by atoms with Gasteiger partial charge in [0.1, 0.15) is 0 Å². The molecule has 0 aliphatic rings. The molecule has 0 aliphatic carbocycles. The van der Waals surface area contributed by atoms with Crippen molar-refractivity contribution in [2.24, 2.45) is 5.73 Å². The van der Waals surface area contributed by atoms with Crippen LogP contribution in [0.4, 0.5) is 0 Å². The summed E-state index contributed by atoms with van der Waals surface area (Å²) < 4.78 is 5.49. The van der Waals surface area contributed by atoms with Crippen LogP contribution in [0.25, 0.3) is 0 Å². The first-order valence-electron chi connectivity index (χ1n) is 4.73. The first-order chi connectivity index (χ1) is 6.43. The molecule has 0 radical (unpaired) electrons. The second-order valence-corrected chi connectivity index (χ2v) is 4.01. The summed E-state index contributed by atoms with van der Waals surface area (Å²) in [6.07, 6.45) is 3.42. The standard InChI is InChI=1S/C10H17NOS/c11-6-2-1-3-7-12-9-10-5-4-8-13-10/h4-5,8H,1-3,6-7,9,11H2. The summed E-state index contributed by atoms with van der Waals surface area (Å²) in [5.74, 6) is 0. The SMILES string of the molecule is NCCCCCOCc1cccs1. The van der Waals surface area contributed by atoms with E-state index in [1.165, 1.54) is 11.3 Å². The van der Waals surface area contributed by atoms with Crippen molar-refractivity contribution in [3.63, 3.8) is 0 Å². The lowest BCUT2D eigenvalue weighted by atomic mass is 10.2. The maximum Gasteiger partial charge on any atom is 0.0809 e. The van der Waals surface area contributed by atoms with Crippen LogP contribution in [-0.4, -0.2) is 13.2 Å². The maximum absolute atomic E-state index is 5.49. The topological polar surface area (TPSA) is 35.2 Å². The molecule has 1 aromatic rings. The van der Waals surface area contributed by atoms with Gasteiger partial charge < -0.3 is 10.5 Å². The molecule has 0 aromatic carbocycles. The van der Waals surface area contributed by atoms with Crippen LogP contribution in [-0.2, 0) is 11.3 Å². The van der Waals surface area contributed by atoms with Crippen molar-refractivity contribution < 1.29 is 4.74 Å². The van der Waals surface area contributed by atoms with Gasteiger partial charge in [0.15, 0.2) is 0 Å². The van der Waals surface area contributed by atoms with Gasteiger partial charge in [-0.05, 0) is 37.3 Å². The summed E-state index contributed by atoms with van der Waals surface area (Å²) in [5.41, 5.74) is 5.38. The van der Waals surface area contributed by atoms with E-state index in [-0.39, 0.29) is 0 Å². The Kier molecular flexibility index (Phi) is 5.81. The smallest absolute Gasteiger partial charge is 0.0809 e. The Morgan fingerprint density at radius 1 is 1.31 bits per heavy atom. The molecule has 1 aromatic heterocycles. The van der Waals surface area contributed by atoms with Gasteiger partial charge in [-0.1, -0.05) is 6.07 Å². The second kappa shape index (κ2) is 7.06. The van der Waals surface area contributed by atoms with Gasteiger partial charge in [-0.2, -0.15) is 0 Å². The molecule has 3 heteroatoms. The van der Waals surface area contributed by atoms with Crippen LogP contribution in [0.5, 0.6) is 0 Å². The van der Waals surface area contributed by atoms with Gasteiger partial charge in [0.2, 0.25) is 0 Å². The fourth-order valence-electron chi connectivity index (χ4n) is 1.09. The lowest BCUT2D eigenvalue weighted by molar-refractivity contribution is 0.119. The van der Waals surface area contributed by atoms with Crippen molar-refractivity contribution >= 4 is 11.3 Å². The van der Waals surface area contributed by atoms with E-state index >= 15 is 0 Å². The Balaban J connectivity index is 1.90. The zero-order valence-corrected chi connectivity index (χ0v) is 8.69. The Labute approximate surface area is 83.7 Å². The van der Waals surface area contributed by atoms with E-state index in [1.54, 1.807) is 11.3 Å². The van der Waals surface area contributed by atoms with Gasteiger partial charge in [0.05, 0.1) is 6.61 Å². The average Bonchev–Trinajstić information content (AvgIpc) is 2.63. The molecule has 1 heterocycles. The van der Waals surface area contributed by atoms with E-state index in [0.29, 0.717) is 0 Å². The number of ether oxygens (including phenoxy) is 1. The quantitative estimate of drug-likeness (QED) is 0.684. The Morgan fingerprint density at radius 2 is 2.23 bits per heavy atom. The molecule has 0 atom stereocenters. The Bertz CT molecular complexity index is 199. The molecule has 0 bridgehead atoms. The van der Waals surface area contributed by atoms with Crippen LogP contribution in [0.3, 0.4) is 0 Å². The third kappa shape index (κ3) is 5.03. The maximum atomic E-state index is 5.49. The normalized spacial score (nSPS) is 10.5. The number of unbranched alkanes of at least 4 members (excludes halogenated alkanes) is 2. The lowest BCUT2D eigenvalue weighted by Crippen LogP contribution is -2.00. The summed E-state index contributed by atoms with van der Waals surface area (Å²) in [4.78, 5) is 1.30. The molecule has 2 N–H and O–H groups in total. The number of nitrogens with two attached hydrogens (primary N) is 1. The fourth-order valence-corrected chi connectivity index (χ4v) is 1.73. The molecule has 2 nitrogen and oxygen atoms in total. The van der Waals surface area contributed by atoms with Crippen molar-refractivity contribution in [1.82, 2.24) is 0 Å². The predicted octanol–water partition coefficient (Wildman–Crippen LogP) is 2.39. The van der Waals surface area contributed by atoms with Crippen molar-refractivity contribution in [3.8, 4) is 0 Å². The monoisotopic (exact) mass is 199 g/mol. The largest absolute Gasteiger partial charge is 0.376 e. The second-order valence-electron chi connectivity index (χ2n) is 2.98. The van der Waals surface area contributed by atoms with Gasteiger partial charge >= 0.3 is 0 Å². The number of thiophene rings is 1. The number of hydrogen-bond acceptors (Lipinski definition) is 3. The van der Waals surface area contributed by atoms with Crippen molar-refractivity contribution in [3.05, 3.63) is 22.4 Å². The van der Waals surface area contributed by atoms with Gasteiger partial charge in [0.25, 0.3) is 0 Å². The zero-order chi connectivity index (χ0) is 9.36. The summed E-state index contributed by atoms with van der Waals surface area (Å²) in [5, 5.41) is 2.08. The van der Waals surface area contributed by atoms with E-state index in [2.05, 4.69) is 17.5 Å². The molecule has 0 saturated heterocycles. The molecule has 1 rings (SSSR count). The average molecular weight is 199 g/mol. The molecule has 0 spiro atoms. The van der Waals surface area contributed by atoms with Crippen molar-refractivity contribution in [2.75, 3.05) is 13.2 Å². The van der Waals surface area contributed by atoms with Crippen LogP contribution in [0.1, 0.15) is 24.1 Å². The zero-order valence-electron chi connectivity index (χ0n) is 7.87. The lowest BCUT2D eigenvalue weighted by Gasteiger charge is -2.01. The van der Waals surface area contributed by atoms with Gasteiger partial charge in [-0.15, -0.1) is 11.3 Å². The summed E-state index contributed by atoms with van der Waals surface area (Å²) in [6, 6.07) is 4.16. The van der Waals surface area contributed by atoms with E-state index in [4.69, 9.17) is 10.5 Å². The molecule has 0 amide bonds.